The van der Waals surface area contributed by atoms with Crippen LogP contribution in [0.2, 0.25) is 0 Å². The van der Waals surface area contributed by atoms with Crippen LogP contribution in [-0.2, 0) is 14.3 Å². The Morgan fingerprint density at radius 2 is 1.87 bits per heavy atom. The van der Waals surface area contributed by atoms with Crippen molar-refractivity contribution in [3.63, 3.8) is 0 Å². The molecule has 0 aromatic rings. The highest BCUT2D eigenvalue weighted by Gasteiger charge is 2.22. The van der Waals surface area contributed by atoms with E-state index in [1.54, 1.807) is 6.92 Å². The Balaban J connectivity index is 4.47. The first-order chi connectivity index (χ1) is 6.88. The zero-order valence-electron chi connectivity index (χ0n) is 9.69. The van der Waals surface area contributed by atoms with Gasteiger partial charge in [0.05, 0.1) is 0 Å². The van der Waals surface area contributed by atoms with Gasteiger partial charge in [-0.3, -0.25) is 9.59 Å². The van der Waals surface area contributed by atoms with Crippen molar-refractivity contribution in [1.29, 1.82) is 0 Å². The molecule has 0 heterocycles. The van der Waals surface area contributed by atoms with Gasteiger partial charge in [-0.05, 0) is 12.8 Å². The van der Waals surface area contributed by atoms with Crippen LogP contribution in [0, 0.1) is 5.92 Å². The molecule has 1 amide bonds. The van der Waals surface area contributed by atoms with Crippen molar-refractivity contribution in [3.8, 4) is 0 Å². The van der Waals surface area contributed by atoms with Gasteiger partial charge in [0.1, 0.15) is 12.6 Å². The molecule has 1 N–H and O–H groups in total. The van der Waals surface area contributed by atoms with Crippen molar-refractivity contribution >= 4 is 11.9 Å². The molecular weight excluding hydrogens is 198 g/mol. The van der Waals surface area contributed by atoms with Crippen LogP contribution in [0.3, 0.4) is 0 Å². The Hall–Kier alpha value is -1.10. The standard InChI is InChI=1S/C10H19NO4/c1-7(2)5-11(6-9(12)13)10(14)8(3)15-4/h7-8H,5-6H2,1-4H3,(H,12,13). The second-order valence-corrected chi connectivity index (χ2v) is 3.88. The number of aliphatic carboxylic acids is 1. The molecule has 0 aliphatic carbocycles. The summed E-state index contributed by atoms with van der Waals surface area (Å²) >= 11 is 0. The molecule has 15 heavy (non-hydrogen) atoms. The number of methoxy groups -OCH3 is 1. The summed E-state index contributed by atoms with van der Waals surface area (Å²) in [7, 11) is 1.43. The fourth-order valence-electron chi connectivity index (χ4n) is 1.19. The largest absolute Gasteiger partial charge is 0.480 e. The van der Waals surface area contributed by atoms with E-state index < -0.39 is 12.1 Å². The molecule has 0 saturated heterocycles. The normalized spacial score (nSPS) is 12.6. The monoisotopic (exact) mass is 217 g/mol. The zero-order valence-corrected chi connectivity index (χ0v) is 9.69. The lowest BCUT2D eigenvalue weighted by Gasteiger charge is -2.25. The smallest absolute Gasteiger partial charge is 0.323 e. The van der Waals surface area contributed by atoms with E-state index in [2.05, 4.69) is 0 Å². The van der Waals surface area contributed by atoms with Gasteiger partial charge in [-0.15, -0.1) is 0 Å². The molecule has 1 unspecified atom stereocenters. The van der Waals surface area contributed by atoms with Crippen LogP contribution < -0.4 is 0 Å². The van der Waals surface area contributed by atoms with Crippen molar-refractivity contribution in [2.75, 3.05) is 20.2 Å². The number of carbonyl (C=O) groups excluding carboxylic acids is 1. The third-order valence-corrected chi connectivity index (χ3v) is 1.92. The highest BCUT2D eigenvalue weighted by atomic mass is 16.5. The van der Waals surface area contributed by atoms with Crippen molar-refractivity contribution in [3.05, 3.63) is 0 Å². The molecule has 0 spiro atoms. The minimum Gasteiger partial charge on any atom is -0.480 e. The van der Waals surface area contributed by atoms with Crippen molar-refractivity contribution in [2.24, 2.45) is 5.92 Å². The first-order valence-electron chi connectivity index (χ1n) is 4.91. The summed E-state index contributed by atoms with van der Waals surface area (Å²) in [6.45, 7) is 5.63. The third-order valence-electron chi connectivity index (χ3n) is 1.92. The maximum atomic E-state index is 11.7. The molecule has 88 valence electrons. The summed E-state index contributed by atoms with van der Waals surface area (Å²) in [4.78, 5) is 23.6. The highest BCUT2D eigenvalue weighted by Crippen LogP contribution is 2.03. The second kappa shape index (κ2) is 6.40. The average Bonchev–Trinajstić information content (AvgIpc) is 2.13. The van der Waals surface area contributed by atoms with Gasteiger partial charge in [0.2, 0.25) is 0 Å². The lowest BCUT2D eigenvalue weighted by molar-refractivity contribution is -0.149. The van der Waals surface area contributed by atoms with Crippen molar-refractivity contribution in [1.82, 2.24) is 4.90 Å². The van der Waals surface area contributed by atoms with Gasteiger partial charge >= 0.3 is 5.97 Å². The number of rotatable bonds is 6. The topological polar surface area (TPSA) is 66.8 Å². The van der Waals surface area contributed by atoms with Gasteiger partial charge in [-0.1, -0.05) is 13.8 Å². The predicted molar refractivity (Wildman–Crippen MR) is 55.5 cm³/mol. The molecule has 1 atom stereocenters. The lowest BCUT2D eigenvalue weighted by atomic mass is 10.2. The van der Waals surface area contributed by atoms with Crippen LogP contribution >= 0.6 is 0 Å². The summed E-state index contributed by atoms with van der Waals surface area (Å²) in [6.07, 6.45) is -0.594. The van der Waals surface area contributed by atoms with Crippen molar-refractivity contribution in [2.45, 2.75) is 26.9 Å². The molecule has 0 fully saturated rings. The van der Waals surface area contributed by atoms with E-state index in [4.69, 9.17) is 9.84 Å². The molecule has 0 aromatic heterocycles. The lowest BCUT2D eigenvalue weighted by Crippen LogP contribution is -2.43. The Kier molecular flexibility index (Phi) is 5.93. The van der Waals surface area contributed by atoms with Crippen LogP contribution in [0.4, 0.5) is 0 Å². The van der Waals surface area contributed by atoms with E-state index in [0.29, 0.717) is 6.54 Å². The summed E-state index contributed by atoms with van der Waals surface area (Å²) in [5.41, 5.74) is 0. The maximum absolute atomic E-state index is 11.7. The van der Waals surface area contributed by atoms with E-state index in [1.807, 2.05) is 13.8 Å². The summed E-state index contributed by atoms with van der Waals surface area (Å²) in [5.74, 6) is -1.06. The van der Waals surface area contributed by atoms with E-state index in [1.165, 1.54) is 12.0 Å². The van der Waals surface area contributed by atoms with Gasteiger partial charge in [0, 0.05) is 13.7 Å². The molecule has 0 aliphatic rings. The molecule has 5 nitrogen and oxygen atoms in total. The Morgan fingerprint density at radius 3 is 2.20 bits per heavy atom. The Morgan fingerprint density at radius 1 is 1.33 bits per heavy atom. The van der Waals surface area contributed by atoms with E-state index in [9.17, 15) is 9.59 Å². The van der Waals surface area contributed by atoms with E-state index in [-0.39, 0.29) is 18.4 Å². The quantitative estimate of drug-likeness (QED) is 0.707. The molecular formula is C10H19NO4. The Labute approximate surface area is 90.0 Å². The summed E-state index contributed by atoms with van der Waals surface area (Å²) in [5, 5.41) is 8.67. The molecule has 0 aliphatic heterocycles. The van der Waals surface area contributed by atoms with Crippen LogP contribution in [0.1, 0.15) is 20.8 Å². The molecule has 0 bridgehead atoms. The fourth-order valence-corrected chi connectivity index (χ4v) is 1.19. The second-order valence-electron chi connectivity index (χ2n) is 3.88. The number of carbonyl (C=O) groups is 2. The minimum atomic E-state index is -1.01. The molecule has 0 rings (SSSR count). The zero-order chi connectivity index (χ0) is 12.0. The van der Waals surface area contributed by atoms with Crippen LogP contribution in [0.15, 0.2) is 0 Å². The van der Waals surface area contributed by atoms with Crippen LogP contribution in [-0.4, -0.2) is 48.2 Å². The summed E-state index contributed by atoms with van der Waals surface area (Å²) in [6, 6.07) is 0. The van der Waals surface area contributed by atoms with Gasteiger partial charge in [-0.25, -0.2) is 0 Å². The van der Waals surface area contributed by atoms with Crippen LogP contribution in [0.5, 0.6) is 0 Å². The van der Waals surface area contributed by atoms with Gasteiger partial charge in [0.15, 0.2) is 0 Å². The average molecular weight is 217 g/mol. The first kappa shape index (κ1) is 13.9. The molecule has 5 heteroatoms. The fraction of sp³-hybridized carbons (Fsp3) is 0.800. The SMILES string of the molecule is COC(C)C(=O)N(CC(=O)O)CC(C)C. The maximum Gasteiger partial charge on any atom is 0.323 e. The van der Waals surface area contributed by atoms with Gasteiger partial charge in [0.25, 0.3) is 5.91 Å². The number of hydrogen-bond acceptors (Lipinski definition) is 3. The predicted octanol–water partition coefficient (Wildman–Crippen LogP) is 0.590. The van der Waals surface area contributed by atoms with Gasteiger partial charge < -0.3 is 14.7 Å². The van der Waals surface area contributed by atoms with Gasteiger partial charge in [-0.2, -0.15) is 0 Å². The number of ether oxygens (including phenoxy) is 1. The van der Waals surface area contributed by atoms with E-state index in [0.717, 1.165) is 0 Å². The molecule has 0 aromatic carbocycles. The first-order valence-corrected chi connectivity index (χ1v) is 4.91. The molecule has 0 radical (unpaired) electrons. The minimum absolute atomic E-state index is 0.234. The highest BCUT2D eigenvalue weighted by molar-refractivity contribution is 5.84. The number of carboxylic acid groups (broad SMARTS) is 1. The molecule has 0 saturated carbocycles. The number of carboxylic acids is 1. The third kappa shape index (κ3) is 5.37. The van der Waals surface area contributed by atoms with E-state index >= 15 is 0 Å². The van der Waals surface area contributed by atoms with Crippen LogP contribution in [0.25, 0.3) is 0 Å². The number of hydrogen-bond donors (Lipinski definition) is 1. The Bertz CT molecular complexity index is 227. The van der Waals surface area contributed by atoms with Crippen molar-refractivity contribution < 1.29 is 19.4 Å². The summed E-state index contributed by atoms with van der Waals surface area (Å²) < 4.78 is 4.87. The number of amides is 1. The number of nitrogens with zero attached hydrogens (tertiary/aromatic N) is 1.